The van der Waals surface area contributed by atoms with Gasteiger partial charge in [0.1, 0.15) is 0 Å². The molecule has 40 heavy (non-hydrogen) atoms. The van der Waals surface area contributed by atoms with Crippen molar-refractivity contribution in [2.45, 2.75) is 132 Å². The SMILES string of the molecule is C=CCC1C2CC3CC(C2)CC1(N(C12CC4CC(CC(C4)C1CC=C)C2)C12CC4CC(CC(C4)C1CC=C)C2)C3. The molecule has 1 nitrogen and oxygen atoms in total. The lowest BCUT2D eigenvalue weighted by molar-refractivity contribution is -0.294. The first-order valence-corrected chi connectivity index (χ1v) is 18.1. The number of rotatable bonds is 9. The van der Waals surface area contributed by atoms with Gasteiger partial charge in [-0.1, -0.05) is 18.2 Å². The largest absolute Gasteiger partial charge is 0.285 e. The average Bonchev–Trinajstić information content (AvgIpc) is 2.89. The van der Waals surface area contributed by atoms with E-state index in [9.17, 15) is 0 Å². The summed E-state index contributed by atoms with van der Waals surface area (Å²) in [4.78, 5) is 3.68. The van der Waals surface area contributed by atoms with Crippen LogP contribution in [0, 0.1) is 71.0 Å². The first-order chi connectivity index (χ1) is 19.5. The highest BCUT2D eigenvalue weighted by molar-refractivity contribution is 5.27. The number of hydrogen-bond donors (Lipinski definition) is 0. The predicted octanol–water partition coefficient (Wildman–Crippen LogP) is 9.60. The summed E-state index contributed by atoms with van der Waals surface area (Å²) in [5, 5.41) is 0. The van der Waals surface area contributed by atoms with Crippen LogP contribution in [0.3, 0.4) is 0 Å². The van der Waals surface area contributed by atoms with E-state index in [-0.39, 0.29) is 0 Å². The highest BCUT2D eigenvalue weighted by Crippen LogP contribution is 2.73. The van der Waals surface area contributed by atoms with Gasteiger partial charge in [-0.3, -0.25) is 4.90 Å². The van der Waals surface area contributed by atoms with Gasteiger partial charge >= 0.3 is 0 Å². The van der Waals surface area contributed by atoms with E-state index in [1.807, 2.05) is 0 Å². The summed E-state index contributed by atoms with van der Waals surface area (Å²) in [6.45, 7) is 13.3. The predicted molar refractivity (Wildman–Crippen MR) is 166 cm³/mol. The van der Waals surface area contributed by atoms with E-state index in [0.717, 1.165) is 71.0 Å². The maximum Gasteiger partial charge on any atom is 0.0259 e. The summed E-state index contributed by atoms with van der Waals surface area (Å²) < 4.78 is 0. The molecule has 12 saturated carbocycles. The fourth-order valence-electron chi connectivity index (χ4n) is 16.5. The molecule has 12 rings (SSSR count). The van der Waals surface area contributed by atoms with Crippen molar-refractivity contribution in [1.82, 2.24) is 4.90 Å². The van der Waals surface area contributed by atoms with E-state index in [1.54, 1.807) is 57.8 Å². The van der Waals surface area contributed by atoms with Crippen molar-refractivity contribution < 1.29 is 0 Å². The maximum absolute atomic E-state index is 4.43. The van der Waals surface area contributed by atoms with Crippen LogP contribution in [-0.4, -0.2) is 21.5 Å². The summed E-state index contributed by atoms with van der Waals surface area (Å²) in [5.41, 5.74) is 1.29. The Morgan fingerprint density at radius 3 is 0.900 bits per heavy atom. The Labute approximate surface area is 245 Å². The number of allylic oxidation sites excluding steroid dienone is 3. The number of hydrogen-bond acceptors (Lipinski definition) is 1. The van der Waals surface area contributed by atoms with Crippen molar-refractivity contribution >= 4 is 0 Å². The van der Waals surface area contributed by atoms with Gasteiger partial charge in [0, 0.05) is 16.6 Å². The summed E-state index contributed by atoms with van der Waals surface area (Å²) in [5.74, 6) is 11.5. The molecule has 12 fully saturated rings. The fourth-order valence-corrected chi connectivity index (χ4v) is 16.5. The minimum atomic E-state index is 0.430. The van der Waals surface area contributed by atoms with Crippen LogP contribution in [0.15, 0.2) is 38.0 Å². The van der Waals surface area contributed by atoms with Gasteiger partial charge in [-0.25, -0.2) is 0 Å². The zero-order chi connectivity index (χ0) is 26.9. The molecule has 12 bridgehead atoms. The van der Waals surface area contributed by atoms with E-state index in [4.69, 9.17) is 0 Å². The second-order valence-electron chi connectivity index (χ2n) is 17.9. The van der Waals surface area contributed by atoms with Gasteiger partial charge in [0.05, 0.1) is 0 Å². The minimum Gasteiger partial charge on any atom is -0.285 e. The van der Waals surface area contributed by atoms with Crippen molar-refractivity contribution in [3.63, 3.8) is 0 Å². The molecule has 0 amide bonds. The smallest absolute Gasteiger partial charge is 0.0259 e. The van der Waals surface area contributed by atoms with E-state index in [1.165, 1.54) is 57.8 Å². The van der Waals surface area contributed by atoms with Gasteiger partial charge < -0.3 is 0 Å². The molecule has 0 saturated heterocycles. The molecule has 9 unspecified atom stereocenters. The minimum absolute atomic E-state index is 0.430. The Bertz CT molecular complexity index is 894. The lowest BCUT2D eigenvalue weighted by atomic mass is 9.40. The lowest BCUT2D eigenvalue weighted by Crippen LogP contribution is -2.83. The van der Waals surface area contributed by atoms with Gasteiger partial charge in [-0.05, 0) is 187 Å². The van der Waals surface area contributed by atoms with Crippen LogP contribution in [0.4, 0.5) is 0 Å². The third kappa shape index (κ3) is 3.26. The van der Waals surface area contributed by atoms with Crippen LogP contribution in [0.2, 0.25) is 0 Å². The van der Waals surface area contributed by atoms with E-state index >= 15 is 0 Å². The Morgan fingerprint density at radius 2 is 0.675 bits per heavy atom. The van der Waals surface area contributed by atoms with Gasteiger partial charge in [-0.15, -0.1) is 19.7 Å². The van der Waals surface area contributed by atoms with Crippen LogP contribution in [-0.2, 0) is 0 Å². The monoisotopic (exact) mass is 539 g/mol. The molecule has 0 spiro atoms. The molecule has 9 atom stereocenters. The quantitative estimate of drug-likeness (QED) is 0.264. The van der Waals surface area contributed by atoms with Gasteiger partial charge in [0.2, 0.25) is 0 Å². The summed E-state index contributed by atoms with van der Waals surface area (Å²) in [7, 11) is 0. The topological polar surface area (TPSA) is 3.24 Å². The molecule has 12 aliphatic carbocycles. The Hall–Kier alpha value is -0.820. The Morgan fingerprint density at radius 1 is 0.425 bits per heavy atom. The lowest BCUT2D eigenvalue weighted by Gasteiger charge is -2.79. The molecular formula is C39H57N. The molecule has 1 heteroatoms. The zero-order valence-corrected chi connectivity index (χ0v) is 25.5. The normalized spacial score (nSPS) is 58.1. The van der Waals surface area contributed by atoms with Gasteiger partial charge in [0.25, 0.3) is 0 Å². The third-order valence-corrected chi connectivity index (χ3v) is 16.0. The first kappa shape index (κ1) is 25.7. The number of nitrogens with zero attached hydrogens (tertiary/aromatic N) is 1. The van der Waals surface area contributed by atoms with Crippen molar-refractivity contribution in [2.75, 3.05) is 0 Å². The van der Waals surface area contributed by atoms with E-state index < -0.39 is 0 Å². The molecular weight excluding hydrogens is 482 g/mol. The molecule has 0 heterocycles. The van der Waals surface area contributed by atoms with Crippen LogP contribution >= 0.6 is 0 Å². The van der Waals surface area contributed by atoms with E-state index in [0.29, 0.717) is 16.6 Å². The molecule has 0 N–H and O–H groups in total. The maximum atomic E-state index is 4.43. The van der Waals surface area contributed by atoms with Crippen LogP contribution < -0.4 is 0 Å². The second kappa shape index (κ2) is 8.86. The second-order valence-corrected chi connectivity index (χ2v) is 17.9. The zero-order valence-electron chi connectivity index (χ0n) is 25.5. The highest BCUT2D eigenvalue weighted by Gasteiger charge is 2.73. The van der Waals surface area contributed by atoms with Crippen LogP contribution in [0.1, 0.15) is 116 Å². The van der Waals surface area contributed by atoms with Crippen LogP contribution in [0.5, 0.6) is 0 Å². The van der Waals surface area contributed by atoms with E-state index in [2.05, 4.69) is 42.9 Å². The average molecular weight is 540 g/mol. The van der Waals surface area contributed by atoms with Crippen LogP contribution in [0.25, 0.3) is 0 Å². The summed E-state index contributed by atoms with van der Waals surface area (Å²) >= 11 is 0. The first-order valence-electron chi connectivity index (χ1n) is 18.1. The van der Waals surface area contributed by atoms with Crippen molar-refractivity contribution in [1.29, 1.82) is 0 Å². The highest BCUT2D eigenvalue weighted by atomic mass is 15.4. The summed E-state index contributed by atoms with van der Waals surface area (Å²) in [6, 6.07) is 0. The van der Waals surface area contributed by atoms with Crippen molar-refractivity contribution in [3.8, 4) is 0 Å². The molecule has 218 valence electrons. The van der Waals surface area contributed by atoms with Crippen molar-refractivity contribution in [3.05, 3.63) is 38.0 Å². The molecule has 12 aliphatic rings. The van der Waals surface area contributed by atoms with Gasteiger partial charge in [-0.2, -0.15) is 0 Å². The Balaban J connectivity index is 1.29. The molecule has 0 aliphatic heterocycles. The third-order valence-electron chi connectivity index (χ3n) is 16.0. The fraction of sp³-hybridized carbons (Fsp3) is 0.846. The molecule has 0 radical (unpaired) electrons. The molecule has 0 aromatic rings. The Kier molecular flexibility index (Phi) is 5.68. The van der Waals surface area contributed by atoms with Crippen molar-refractivity contribution in [2.24, 2.45) is 71.0 Å². The molecule has 0 aromatic heterocycles. The standard InChI is InChI=1S/C39H57N/c1-4-7-34-31-13-25-10-26(14-31)20-37(34,19-25)40(38-21-27-11-28(22-38)16-32(15-27)35(38)8-5-2)39-23-29-12-30(24-39)18-33(17-29)36(39)9-6-3/h4-6,25-36H,1-3,7-24H2. The summed E-state index contributed by atoms with van der Waals surface area (Å²) in [6.07, 6.45) is 34.0. The molecule has 0 aromatic carbocycles. The van der Waals surface area contributed by atoms with Gasteiger partial charge in [0.15, 0.2) is 0 Å².